The minimum atomic E-state index is 0.321. The molecule has 15 heavy (non-hydrogen) atoms. The molecule has 0 amide bonds. The molecule has 1 aliphatic rings. The first-order valence-electron chi connectivity index (χ1n) is 5.26. The van der Waals surface area contributed by atoms with Crippen LogP contribution in [0.5, 0.6) is 0 Å². The zero-order valence-corrected chi connectivity index (χ0v) is 11.9. The van der Waals surface area contributed by atoms with Gasteiger partial charge in [0.1, 0.15) is 0 Å². The number of hydrogen-bond acceptors (Lipinski definition) is 2. The zero-order valence-electron chi connectivity index (χ0n) is 8.75. The van der Waals surface area contributed by atoms with Crippen molar-refractivity contribution in [2.45, 2.75) is 25.3 Å². The highest BCUT2D eigenvalue weighted by atomic mass is 79.9. The van der Waals surface area contributed by atoms with Gasteiger partial charge in [-0.2, -0.15) is 0 Å². The number of piperidine rings is 1. The van der Waals surface area contributed by atoms with Crippen LogP contribution in [0.2, 0.25) is 0 Å². The molecule has 1 nitrogen and oxygen atoms in total. The van der Waals surface area contributed by atoms with E-state index >= 15 is 0 Å². The summed E-state index contributed by atoms with van der Waals surface area (Å²) >= 11 is 11.6. The van der Waals surface area contributed by atoms with Crippen LogP contribution < -0.4 is 0 Å². The summed E-state index contributed by atoms with van der Waals surface area (Å²) in [5.74, 6) is 0.665. The Hall–Kier alpha value is 0.430. The molecule has 84 valence electrons. The minimum absolute atomic E-state index is 0.321. The standard InChI is InChI=1S/C11H15BrClNS/c1-8-4-5-14(7-10(8)13)6-9-2-3-11(12)15-9/h2-3,8,10H,4-7H2,1H3. The molecule has 1 saturated heterocycles. The van der Waals surface area contributed by atoms with E-state index in [1.165, 1.54) is 21.6 Å². The number of likely N-dealkylation sites (tertiary alicyclic amines) is 1. The Balaban J connectivity index is 1.90. The van der Waals surface area contributed by atoms with Crippen molar-refractivity contribution < 1.29 is 0 Å². The van der Waals surface area contributed by atoms with Crippen molar-refractivity contribution in [2.75, 3.05) is 13.1 Å². The van der Waals surface area contributed by atoms with Crippen molar-refractivity contribution in [1.29, 1.82) is 0 Å². The second-order valence-corrected chi connectivity index (χ2v) is 7.33. The van der Waals surface area contributed by atoms with Crippen LogP contribution in [0.4, 0.5) is 0 Å². The van der Waals surface area contributed by atoms with Crippen molar-refractivity contribution in [3.63, 3.8) is 0 Å². The molecule has 1 aromatic rings. The van der Waals surface area contributed by atoms with Crippen LogP contribution in [0.25, 0.3) is 0 Å². The van der Waals surface area contributed by atoms with Crippen molar-refractivity contribution >= 4 is 38.9 Å². The molecule has 0 spiro atoms. The van der Waals surface area contributed by atoms with Crippen molar-refractivity contribution in [2.24, 2.45) is 5.92 Å². The van der Waals surface area contributed by atoms with Crippen LogP contribution in [0.1, 0.15) is 18.2 Å². The largest absolute Gasteiger partial charge is 0.297 e. The van der Waals surface area contributed by atoms with E-state index in [0.29, 0.717) is 11.3 Å². The molecule has 0 saturated carbocycles. The van der Waals surface area contributed by atoms with E-state index in [-0.39, 0.29) is 0 Å². The molecule has 1 aromatic heterocycles. The summed E-state index contributed by atoms with van der Waals surface area (Å²) in [6.07, 6.45) is 1.22. The molecular weight excluding hydrogens is 294 g/mol. The van der Waals surface area contributed by atoms with E-state index in [9.17, 15) is 0 Å². The molecule has 0 radical (unpaired) electrons. The van der Waals surface area contributed by atoms with Gasteiger partial charge >= 0.3 is 0 Å². The summed E-state index contributed by atoms with van der Waals surface area (Å²) < 4.78 is 1.21. The highest BCUT2D eigenvalue weighted by Crippen LogP contribution is 2.26. The van der Waals surface area contributed by atoms with Crippen LogP contribution in [0.3, 0.4) is 0 Å². The Morgan fingerprint density at radius 1 is 1.60 bits per heavy atom. The van der Waals surface area contributed by atoms with Gasteiger partial charge in [0.2, 0.25) is 0 Å². The summed E-state index contributed by atoms with van der Waals surface area (Å²) in [4.78, 5) is 3.87. The van der Waals surface area contributed by atoms with Gasteiger partial charge in [-0.05, 0) is 46.9 Å². The van der Waals surface area contributed by atoms with Crippen LogP contribution in [0.15, 0.2) is 15.9 Å². The Morgan fingerprint density at radius 3 is 3.00 bits per heavy atom. The summed E-state index contributed by atoms with van der Waals surface area (Å²) in [5, 5.41) is 0.321. The molecule has 2 unspecified atom stereocenters. The molecule has 0 bridgehead atoms. The summed E-state index contributed by atoms with van der Waals surface area (Å²) in [6, 6.07) is 4.31. The van der Waals surface area contributed by atoms with E-state index in [2.05, 4.69) is 39.9 Å². The molecule has 2 rings (SSSR count). The van der Waals surface area contributed by atoms with Gasteiger partial charge in [0.05, 0.1) is 3.79 Å². The Labute approximate surface area is 109 Å². The lowest BCUT2D eigenvalue weighted by Gasteiger charge is -2.33. The first-order valence-corrected chi connectivity index (χ1v) is 7.30. The van der Waals surface area contributed by atoms with Crippen molar-refractivity contribution in [3.05, 3.63) is 20.8 Å². The van der Waals surface area contributed by atoms with Crippen LogP contribution >= 0.6 is 38.9 Å². The van der Waals surface area contributed by atoms with E-state index in [4.69, 9.17) is 11.6 Å². The van der Waals surface area contributed by atoms with Gasteiger partial charge in [-0.25, -0.2) is 0 Å². The number of alkyl halides is 1. The molecule has 1 fully saturated rings. The number of hydrogen-bond donors (Lipinski definition) is 0. The second-order valence-electron chi connectivity index (χ2n) is 4.22. The maximum absolute atomic E-state index is 6.29. The Morgan fingerprint density at radius 2 is 2.40 bits per heavy atom. The summed E-state index contributed by atoms with van der Waals surface area (Å²) in [6.45, 7) is 5.50. The lowest BCUT2D eigenvalue weighted by Crippen LogP contribution is -2.39. The van der Waals surface area contributed by atoms with Gasteiger partial charge in [0.15, 0.2) is 0 Å². The monoisotopic (exact) mass is 307 g/mol. The molecule has 0 aliphatic carbocycles. The van der Waals surface area contributed by atoms with E-state index in [1.54, 1.807) is 0 Å². The lowest BCUT2D eigenvalue weighted by molar-refractivity contribution is 0.191. The van der Waals surface area contributed by atoms with E-state index in [1.807, 2.05) is 11.3 Å². The maximum atomic E-state index is 6.29. The number of thiophene rings is 1. The van der Waals surface area contributed by atoms with E-state index < -0.39 is 0 Å². The fourth-order valence-electron chi connectivity index (χ4n) is 1.89. The minimum Gasteiger partial charge on any atom is -0.297 e. The fourth-order valence-corrected chi connectivity index (χ4v) is 3.73. The molecule has 0 N–H and O–H groups in total. The first-order chi connectivity index (χ1) is 7.15. The average molecular weight is 309 g/mol. The molecule has 0 aromatic carbocycles. The Kier molecular flexibility index (Phi) is 4.10. The molecule has 1 aliphatic heterocycles. The van der Waals surface area contributed by atoms with Gasteiger partial charge in [0, 0.05) is 23.3 Å². The molecule has 4 heteroatoms. The highest BCUT2D eigenvalue weighted by Gasteiger charge is 2.24. The normalized spacial score (nSPS) is 28.2. The average Bonchev–Trinajstić information content (AvgIpc) is 2.58. The number of nitrogens with zero attached hydrogens (tertiary/aromatic N) is 1. The third-order valence-corrected chi connectivity index (χ3v) is 5.14. The van der Waals surface area contributed by atoms with Crippen LogP contribution in [-0.4, -0.2) is 23.4 Å². The lowest BCUT2D eigenvalue weighted by atomic mass is 9.99. The smallest absolute Gasteiger partial charge is 0.0701 e. The molecule has 2 atom stereocenters. The highest BCUT2D eigenvalue weighted by molar-refractivity contribution is 9.11. The Bertz CT molecular complexity index is 328. The van der Waals surface area contributed by atoms with Crippen molar-refractivity contribution in [1.82, 2.24) is 4.90 Å². The third-order valence-electron chi connectivity index (χ3n) is 2.96. The zero-order chi connectivity index (χ0) is 10.8. The predicted molar refractivity (Wildman–Crippen MR) is 70.7 cm³/mol. The maximum Gasteiger partial charge on any atom is 0.0701 e. The van der Waals surface area contributed by atoms with Gasteiger partial charge in [-0.1, -0.05) is 6.92 Å². The van der Waals surface area contributed by atoms with Gasteiger partial charge in [0.25, 0.3) is 0 Å². The van der Waals surface area contributed by atoms with Crippen LogP contribution in [-0.2, 0) is 6.54 Å². The quantitative estimate of drug-likeness (QED) is 0.748. The molecular formula is C11H15BrClNS. The number of halogens is 2. The summed E-state index contributed by atoms with van der Waals surface area (Å²) in [5.41, 5.74) is 0. The molecule has 2 heterocycles. The van der Waals surface area contributed by atoms with Gasteiger partial charge < -0.3 is 0 Å². The topological polar surface area (TPSA) is 3.24 Å². The third kappa shape index (κ3) is 3.19. The van der Waals surface area contributed by atoms with Gasteiger partial charge in [-0.15, -0.1) is 22.9 Å². The second kappa shape index (κ2) is 5.17. The van der Waals surface area contributed by atoms with Crippen molar-refractivity contribution in [3.8, 4) is 0 Å². The number of rotatable bonds is 2. The summed E-state index contributed by atoms with van der Waals surface area (Å²) in [7, 11) is 0. The fraction of sp³-hybridized carbons (Fsp3) is 0.636. The van der Waals surface area contributed by atoms with Crippen LogP contribution in [0, 0.1) is 5.92 Å². The SMILES string of the molecule is CC1CCN(Cc2ccc(Br)s2)CC1Cl. The van der Waals surface area contributed by atoms with E-state index in [0.717, 1.165) is 13.1 Å². The van der Waals surface area contributed by atoms with Gasteiger partial charge in [-0.3, -0.25) is 4.90 Å². The predicted octanol–water partition coefficient (Wildman–Crippen LogP) is 3.96. The first kappa shape index (κ1) is 11.9.